The number of fused-ring (bicyclic) bond motifs is 1. The van der Waals surface area contributed by atoms with Crippen LogP contribution in [0, 0.1) is 6.92 Å². The molecule has 2 aromatic rings. The molecule has 0 N–H and O–H groups in total. The highest BCUT2D eigenvalue weighted by Gasteiger charge is 2.24. The van der Waals surface area contributed by atoms with Crippen LogP contribution in [0.5, 0.6) is 0 Å². The molecule has 1 aliphatic rings. The van der Waals surface area contributed by atoms with Gasteiger partial charge in [0.2, 0.25) is 5.95 Å². The van der Waals surface area contributed by atoms with Gasteiger partial charge in [0, 0.05) is 22.8 Å². The second-order valence-electron chi connectivity index (χ2n) is 5.14. The van der Waals surface area contributed by atoms with Gasteiger partial charge >= 0.3 is 0 Å². The Labute approximate surface area is 122 Å². The molecule has 0 amide bonds. The molecule has 0 aromatic carbocycles. The quantitative estimate of drug-likeness (QED) is 0.768. The van der Waals surface area contributed by atoms with Crippen LogP contribution in [0.2, 0.25) is 5.15 Å². The Kier molecular flexibility index (Phi) is 3.63. The topological polar surface area (TPSA) is 29.0 Å². The van der Waals surface area contributed by atoms with E-state index in [4.69, 9.17) is 16.6 Å². The number of aromatic nitrogens is 2. The van der Waals surface area contributed by atoms with Gasteiger partial charge in [0.05, 0.1) is 0 Å². The van der Waals surface area contributed by atoms with Gasteiger partial charge in [-0.1, -0.05) is 18.5 Å². The first-order valence-electron chi connectivity index (χ1n) is 6.89. The summed E-state index contributed by atoms with van der Waals surface area (Å²) in [5.41, 5.74) is 0. The van der Waals surface area contributed by atoms with Gasteiger partial charge in [0.25, 0.3) is 0 Å². The van der Waals surface area contributed by atoms with Crippen LogP contribution in [-0.2, 0) is 0 Å². The molecule has 19 heavy (non-hydrogen) atoms. The summed E-state index contributed by atoms with van der Waals surface area (Å²) in [5.74, 6) is 0.811. The summed E-state index contributed by atoms with van der Waals surface area (Å²) in [6, 6.07) is 2.63. The fraction of sp³-hybridized carbons (Fsp3) is 0.571. The minimum absolute atomic E-state index is 0.559. The first-order chi connectivity index (χ1) is 9.19. The monoisotopic (exact) mass is 295 g/mol. The third kappa shape index (κ3) is 2.43. The Hall–Kier alpha value is -0.870. The Balaban J connectivity index is 2.03. The van der Waals surface area contributed by atoms with E-state index in [-0.39, 0.29) is 0 Å². The lowest BCUT2D eigenvalue weighted by Crippen LogP contribution is -2.40. The van der Waals surface area contributed by atoms with E-state index in [0.29, 0.717) is 11.2 Å². The third-order valence-corrected chi connectivity index (χ3v) is 5.05. The van der Waals surface area contributed by atoms with Gasteiger partial charge in [-0.2, -0.15) is 0 Å². The molecule has 0 saturated carbocycles. The standard InChI is InChI=1S/C14H18ClN3S/c1-3-10-6-4-5-7-18(10)14-16-12(15)11-8-9(2)19-13(11)17-14/h8,10H,3-7H2,1-2H3. The summed E-state index contributed by atoms with van der Waals surface area (Å²) in [4.78, 5) is 13.8. The van der Waals surface area contributed by atoms with Crippen LogP contribution in [-0.4, -0.2) is 22.6 Å². The van der Waals surface area contributed by atoms with E-state index in [0.717, 1.165) is 29.1 Å². The molecule has 1 saturated heterocycles. The zero-order valence-corrected chi connectivity index (χ0v) is 12.9. The van der Waals surface area contributed by atoms with Crippen LogP contribution in [0.4, 0.5) is 5.95 Å². The van der Waals surface area contributed by atoms with E-state index in [1.165, 1.54) is 24.1 Å². The van der Waals surface area contributed by atoms with Crippen molar-refractivity contribution in [1.82, 2.24) is 9.97 Å². The molecule has 1 unspecified atom stereocenters. The lowest BCUT2D eigenvalue weighted by Gasteiger charge is -2.35. The number of anilines is 1. The maximum absolute atomic E-state index is 6.31. The highest BCUT2D eigenvalue weighted by Crippen LogP contribution is 2.32. The lowest BCUT2D eigenvalue weighted by atomic mass is 10.0. The second kappa shape index (κ2) is 5.25. The molecule has 3 heterocycles. The van der Waals surface area contributed by atoms with Crippen molar-refractivity contribution in [2.24, 2.45) is 0 Å². The number of rotatable bonds is 2. The van der Waals surface area contributed by atoms with Crippen molar-refractivity contribution < 1.29 is 0 Å². The summed E-state index contributed by atoms with van der Waals surface area (Å²) in [7, 11) is 0. The summed E-state index contributed by atoms with van der Waals surface area (Å²) < 4.78 is 0. The molecule has 5 heteroatoms. The van der Waals surface area contributed by atoms with Crippen LogP contribution in [0.15, 0.2) is 6.07 Å². The summed E-state index contributed by atoms with van der Waals surface area (Å²) in [6.07, 6.45) is 4.91. The molecule has 2 aromatic heterocycles. The maximum Gasteiger partial charge on any atom is 0.228 e. The van der Waals surface area contributed by atoms with Gasteiger partial charge in [-0.3, -0.25) is 0 Å². The summed E-state index contributed by atoms with van der Waals surface area (Å²) >= 11 is 8.01. The van der Waals surface area contributed by atoms with Gasteiger partial charge in [-0.25, -0.2) is 9.97 Å². The zero-order chi connectivity index (χ0) is 13.4. The lowest BCUT2D eigenvalue weighted by molar-refractivity contribution is 0.443. The molecular weight excluding hydrogens is 278 g/mol. The van der Waals surface area contributed by atoms with E-state index in [1.807, 2.05) is 0 Å². The van der Waals surface area contributed by atoms with E-state index >= 15 is 0 Å². The molecule has 0 bridgehead atoms. The van der Waals surface area contributed by atoms with Gasteiger partial charge in [0.15, 0.2) is 0 Å². The predicted molar refractivity (Wildman–Crippen MR) is 82.4 cm³/mol. The smallest absolute Gasteiger partial charge is 0.228 e. The molecule has 0 radical (unpaired) electrons. The van der Waals surface area contributed by atoms with Gasteiger partial charge < -0.3 is 4.90 Å². The molecule has 0 aliphatic carbocycles. The van der Waals surface area contributed by atoms with Crippen molar-refractivity contribution in [1.29, 1.82) is 0 Å². The van der Waals surface area contributed by atoms with E-state index in [1.54, 1.807) is 11.3 Å². The Morgan fingerprint density at radius 3 is 3.05 bits per heavy atom. The minimum Gasteiger partial charge on any atom is -0.338 e. The predicted octanol–water partition coefficient (Wildman–Crippen LogP) is 4.42. The number of hydrogen-bond donors (Lipinski definition) is 0. The number of hydrogen-bond acceptors (Lipinski definition) is 4. The van der Waals surface area contributed by atoms with E-state index in [2.05, 4.69) is 29.8 Å². The van der Waals surface area contributed by atoms with Crippen molar-refractivity contribution in [3.63, 3.8) is 0 Å². The summed E-state index contributed by atoms with van der Waals surface area (Å²) in [6.45, 7) is 5.36. The van der Waals surface area contributed by atoms with Crippen LogP contribution < -0.4 is 4.90 Å². The second-order valence-corrected chi connectivity index (χ2v) is 6.73. The fourth-order valence-corrected chi connectivity index (χ4v) is 3.96. The molecule has 102 valence electrons. The maximum atomic E-state index is 6.31. The zero-order valence-electron chi connectivity index (χ0n) is 11.3. The summed E-state index contributed by atoms with van der Waals surface area (Å²) in [5, 5.41) is 1.57. The number of halogens is 1. The Morgan fingerprint density at radius 1 is 1.42 bits per heavy atom. The number of nitrogens with zero attached hydrogens (tertiary/aromatic N) is 3. The van der Waals surface area contributed by atoms with Crippen LogP contribution in [0.3, 0.4) is 0 Å². The van der Waals surface area contributed by atoms with Crippen LogP contribution in [0.25, 0.3) is 10.2 Å². The first-order valence-corrected chi connectivity index (χ1v) is 8.09. The normalized spacial score (nSPS) is 20.2. The van der Waals surface area contributed by atoms with Crippen molar-refractivity contribution in [2.45, 2.75) is 45.6 Å². The molecule has 1 fully saturated rings. The van der Waals surface area contributed by atoms with Crippen molar-refractivity contribution in [2.75, 3.05) is 11.4 Å². The first kappa shape index (κ1) is 13.1. The van der Waals surface area contributed by atoms with Crippen molar-refractivity contribution >= 4 is 39.1 Å². The Morgan fingerprint density at radius 2 is 2.26 bits per heavy atom. The average Bonchev–Trinajstić information content (AvgIpc) is 2.79. The van der Waals surface area contributed by atoms with E-state index in [9.17, 15) is 0 Å². The van der Waals surface area contributed by atoms with Gasteiger partial charge in [0.1, 0.15) is 9.98 Å². The number of aryl methyl sites for hydroxylation is 1. The van der Waals surface area contributed by atoms with Crippen LogP contribution >= 0.6 is 22.9 Å². The molecule has 1 aliphatic heterocycles. The molecule has 1 atom stereocenters. The van der Waals surface area contributed by atoms with E-state index < -0.39 is 0 Å². The van der Waals surface area contributed by atoms with Gasteiger partial charge in [-0.05, 0) is 38.7 Å². The SMILES string of the molecule is CCC1CCCCN1c1nc(Cl)c2cc(C)sc2n1. The van der Waals surface area contributed by atoms with Gasteiger partial charge in [-0.15, -0.1) is 11.3 Å². The third-order valence-electron chi connectivity index (χ3n) is 3.81. The highest BCUT2D eigenvalue weighted by atomic mass is 35.5. The fourth-order valence-electron chi connectivity index (χ4n) is 2.81. The molecule has 3 nitrogen and oxygen atoms in total. The number of thiophene rings is 1. The molecular formula is C14H18ClN3S. The Bertz CT molecular complexity index is 596. The molecule has 0 spiro atoms. The van der Waals surface area contributed by atoms with Crippen LogP contribution in [0.1, 0.15) is 37.5 Å². The van der Waals surface area contributed by atoms with Crippen molar-refractivity contribution in [3.8, 4) is 0 Å². The average molecular weight is 296 g/mol. The minimum atomic E-state index is 0.559. The molecule has 3 rings (SSSR count). The van der Waals surface area contributed by atoms with Crippen molar-refractivity contribution in [3.05, 3.63) is 16.1 Å². The largest absolute Gasteiger partial charge is 0.338 e. The highest BCUT2D eigenvalue weighted by molar-refractivity contribution is 7.18. The number of piperidine rings is 1.